The summed E-state index contributed by atoms with van der Waals surface area (Å²) in [7, 11) is 11.3. The molecule has 1 unspecified atom stereocenters. The number of aromatic carboxylic acids is 1. The van der Waals surface area contributed by atoms with Crippen LogP contribution in [0.2, 0.25) is 25.1 Å². The van der Waals surface area contributed by atoms with Crippen LogP contribution in [0.1, 0.15) is 123 Å². The Balaban J connectivity index is 0.000000396. The maximum atomic E-state index is 12.8. The van der Waals surface area contributed by atoms with Gasteiger partial charge in [0.05, 0.1) is 133 Å². The second-order valence-corrected chi connectivity index (χ2v) is 30.4. The van der Waals surface area contributed by atoms with Crippen LogP contribution < -0.4 is 82.0 Å². The van der Waals surface area contributed by atoms with Crippen LogP contribution in [0.25, 0.3) is 30.6 Å². The van der Waals surface area contributed by atoms with E-state index in [4.69, 9.17) is 121 Å². The maximum Gasteiger partial charge on any atom is 1.00 e. The van der Waals surface area contributed by atoms with Crippen molar-refractivity contribution in [3.05, 3.63) is 213 Å². The van der Waals surface area contributed by atoms with Crippen molar-refractivity contribution in [3.8, 4) is 28.7 Å². The molecule has 1 aliphatic rings. The molecule has 692 valence electrons. The molecular formula is C81H83Cl5F9KN6O23S3. The number of aliphatic hydroxyl groups is 2. The SMILES string of the molecule is C.CC1CCCO1.COC(=O)c1cc(Cl)cc(CO)c1OC.COCOCc1cc(Cl)cc(C(=O)Nc2nc3ccc(C(F)(F)F)cc3s2)c1O.COCOCc1cc(Cl)cc(C(=O)O)c1OC.COCOCc1cc(Cl)cc(C(=O)OC)c1OC.Nc1nc2ccc(C(F)(F)F)cc2s1.O=C(Nc1nc2ccc(C(F)(F)F)cc2s1)c1cc(Cl)cc(CO)c1O.[K+].[OH-]. The number of carboxylic acid groups (broad SMARTS) is 1. The van der Waals surface area contributed by atoms with Crippen molar-refractivity contribution in [2.45, 2.75) is 84.9 Å². The summed E-state index contributed by atoms with van der Waals surface area (Å²) in [6.07, 6.45) is -10.2. The molecule has 0 bridgehead atoms. The number of hydrogen-bond acceptors (Lipinski definition) is 29. The van der Waals surface area contributed by atoms with Gasteiger partial charge in [-0.25, -0.2) is 29.3 Å². The molecule has 47 heteroatoms. The smallest absolute Gasteiger partial charge is 0.870 e. The number of phenolic OH excluding ortho intramolecular Hbond substituents is 1. The number of esters is 2. The number of ether oxygens (including phenoxy) is 12. The molecule has 3 aromatic heterocycles. The van der Waals surface area contributed by atoms with Gasteiger partial charge in [-0.15, -0.1) is 0 Å². The molecule has 1 atom stereocenters. The summed E-state index contributed by atoms with van der Waals surface area (Å²) in [5.74, 6) is -3.47. The summed E-state index contributed by atoms with van der Waals surface area (Å²) < 4.78 is 174. The third-order valence-electron chi connectivity index (χ3n) is 16.3. The van der Waals surface area contributed by atoms with E-state index in [1.165, 1.54) is 136 Å². The molecule has 2 amide bonds. The Morgan fingerprint density at radius 3 is 1.12 bits per heavy atom. The molecule has 12 rings (SSSR count). The summed E-state index contributed by atoms with van der Waals surface area (Å²) in [4.78, 5) is 70.9. The van der Waals surface area contributed by atoms with E-state index in [9.17, 15) is 78.8 Å². The zero-order valence-electron chi connectivity index (χ0n) is 68.4. The number of carboxylic acids is 1. The summed E-state index contributed by atoms with van der Waals surface area (Å²) in [5.41, 5.74) is 6.38. The molecule has 0 spiro atoms. The monoisotopic (exact) mass is 1990 g/mol. The van der Waals surface area contributed by atoms with E-state index in [1.54, 1.807) is 12.1 Å². The fourth-order valence-corrected chi connectivity index (χ4v) is 14.6. The zero-order valence-corrected chi connectivity index (χ0v) is 77.7. The fraction of sp³-hybridized carbons (Fsp3) is 0.309. The number of amides is 2. The Bertz CT molecular complexity index is 5520. The molecular weight excluding hydrogens is 1910 g/mol. The third-order valence-corrected chi connectivity index (χ3v) is 20.1. The molecule has 1 aliphatic heterocycles. The molecule has 128 heavy (non-hydrogen) atoms. The molecule has 1 saturated heterocycles. The van der Waals surface area contributed by atoms with Crippen LogP contribution in [0.5, 0.6) is 28.7 Å². The average Bonchev–Trinajstić information content (AvgIpc) is 1.73. The number of carbonyl (C=O) groups is 5. The predicted molar refractivity (Wildman–Crippen MR) is 459 cm³/mol. The van der Waals surface area contributed by atoms with Crippen molar-refractivity contribution in [2.24, 2.45) is 0 Å². The van der Waals surface area contributed by atoms with Gasteiger partial charge in [-0.3, -0.25) is 20.2 Å². The third kappa shape index (κ3) is 34.1. The first kappa shape index (κ1) is 114. The standard InChI is InChI=1S/C18H14ClF3N2O4S.C16H10ClF3N2O3S.C12H15ClO5.C11H13ClO5.C10H11ClO4.C8H5F3N2S.C5H10O.CH4.K.H2O/c1-27-8-28-7-9-4-11(19)6-12(15(9)25)16(26)24-17-23-13-3-2-10(18(20,21)22)5-14(13)29-17;17-9-3-7(6-23)13(24)10(5-9)14(25)22-15-21-11-2-1-8(16(18,19)20)4-12(11)26-15;1-15-7-18-6-8-4-9(13)5-10(11(8)16-2)12(14)17-3;1-15-6-17-5-7-3-8(12)4-9(11(13)14)10(7)16-2;1-14-9-6(5-12)3-7(11)4-8(9)10(13)15-2;9-8(10,11)4-1-2-5-6(3-4)14-7(12)13-5;1-5-3-2-4-6-5;;;/h2-6,25H,7-8H2,1H3,(H,23,24,26);1-5,23-24H,6H2,(H,21,22,25);4-5H,6-7H2,1-3H3;3-4H,5-6H2,1-2H3,(H,13,14);3-4,12H,5H2,1-2H3;1-3H,(H2,12,13);5H,2-4H2,1H3;1H4;;1H2/q;;;;;;;;+1;/p-1. The van der Waals surface area contributed by atoms with Gasteiger partial charge >= 0.3 is 87.8 Å². The van der Waals surface area contributed by atoms with E-state index in [0.717, 1.165) is 77.0 Å². The van der Waals surface area contributed by atoms with Gasteiger partial charge in [0.15, 0.2) is 15.4 Å². The molecule has 0 saturated carbocycles. The number of nitrogen functional groups attached to an aromatic ring is 1. The second kappa shape index (κ2) is 54.5. The number of fused-ring (bicyclic) bond motifs is 3. The van der Waals surface area contributed by atoms with E-state index in [-0.39, 0.29) is 202 Å². The van der Waals surface area contributed by atoms with Crippen LogP contribution >= 0.6 is 92.0 Å². The predicted octanol–water partition coefficient (Wildman–Crippen LogP) is 17.1. The van der Waals surface area contributed by atoms with Crippen molar-refractivity contribution in [3.63, 3.8) is 0 Å². The number of anilines is 3. The van der Waals surface area contributed by atoms with Crippen LogP contribution in [0.3, 0.4) is 0 Å². The summed E-state index contributed by atoms with van der Waals surface area (Å²) >= 11 is 32.2. The first-order valence-corrected chi connectivity index (χ1v) is 39.8. The quantitative estimate of drug-likeness (QED) is 0.00915. The van der Waals surface area contributed by atoms with Crippen LogP contribution in [-0.4, -0.2) is 166 Å². The number of nitrogens with one attached hydrogen (secondary N) is 2. The Hall–Kier alpha value is -8.36. The molecule has 1 fully saturated rings. The molecule has 11 aromatic rings. The summed E-state index contributed by atoms with van der Waals surface area (Å²) in [6, 6.07) is 23.9. The van der Waals surface area contributed by atoms with E-state index < -0.39 is 77.3 Å². The van der Waals surface area contributed by atoms with Crippen molar-refractivity contribution < 1.29 is 203 Å². The number of aliphatic hydroxyl groups excluding tert-OH is 2. The number of alkyl halides is 9. The number of aromatic nitrogens is 3. The minimum absolute atomic E-state index is 0. The Morgan fingerprint density at radius 1 is 0.477 bits per heavy atom. The molecule has 0 radical (unpaired) electrons. The molecule has 10 N–H and O–H groups in total. The first-order valence-electron chi connectivity index (χ1n) is 35.5. The van der Waals surface area contributed by atoms with Gasteiger partial charge in [-0.1, -0.05) is 99.4 Å². The van der Waals surface area contributed by atoms with Gasteiger partial charge < -0.3 is 93.6 Å². The van der Waals surface area contributed by atoms with E-state index in [2.05, 4.69) is 42.0 Å². The average molecular weight is 1990 g/mol. The number of thiazole rings is 3. The van der Waals surface area contributed by atoms with Crippen molar-refractivity contribution in [1.82, 2.24) is 15.0 Å². The Kier molecular flexibility index (Phi) is 48.4. The van der Waals surface area contributed by atoms with Gasteiger partial charge in [-0.2, -0.15) is 39.5 Å². The normalized spacial score (nSPS) is 12.0. The number of rotatable bonds is 24. The molecule has 29 nitrogen and oxygen atoms in total. The van der Waals surface area contributed by atoms with Crippen molar-refractivity contribution in [2.75, 3.05) is 100 Å². The van der Waals surface area contributed by atoms with Crippen molar-refractivity contribution in [1.29, 1.82) is 0 Å². The molecule has 0 aliphatic carbocycles. The maximum absolute atomic E-state index is 12.8. The van der Waals surface area contributed by atoms with Crippen molar-refractivity contribution >= 4 is 168 Å². The zero-order chi connectivity index (χ0) is 92.8. The van der Waals surface area contributed by atoms with Gasteiger partial charge in [0.1, 0.15) is 65.8 Å². The van der Waals surface area contributed by atoms with Gasteiger partial charge in [0, 0.05) is 80.9 Å². The van der Waals surface area contributed by atoms with Gasteiger partial charge in [0.2, 0.25) is 0 Å². The number of nitrogens with zero attached hydrogens (tertiary/aromatic N) is 3. The summed E-state index contributed by atoms with van der Waals surface area (Å²) in [6.45, 7) is 2.91. The van der Waals surface area contributed by atoms with E-state index in [0.29, 0.717) is 64.9 Å². The minimum atomic E-state index is -4.48. The number of aromatic hydroxyl groups is 2. The fourth-order valence-electron chi connectivity index (χ4n) is 10.8. The van der Waals surface area contributed by atoms with Crippen LogP contribution in [0.4, 0.5) is 54.9 Å². The first-order chi connectivity index (χ1) is 59.1. The number of nitrogens with two attached hydrogens (primary N) is 1. The number of hydrogen-bond donors (Lipinski definition) is 8. The van der Waals surface area contributed by atoms with Crippen LogP contribution in [0.15, 0.2) is 115 Å². The number of halogens is 14. The second-order valence-electron chi connectivity index (χ2n) is 25.1. The van der Waals surface area contributed by atoms with Crippen LogP contribution in [-0.2, 0) is 94.2 Å². The number of phenols is 2. The molecule has 8 aromatic carbocycles. The number of carbonyl (C=O) groups excluding carboxylic acids is 4. The van der Waals surface area contributed by atoms with E-state index in [1.807, 2.05) is 0 Å². The Labute approximate surface area is 804 Å². The summed E-state index contributed by atoms with van der Waals surface area (Å²) in [5, 5.41) is 54.3. The van der Waals surface area contributed by atoms with Crippen LogP contribution in [0, 0.1) is 0 Å². The molecule has 4 heterocycles. The van der Waals surface area contributed by atoms with E-state index >= 15 is 0 Å². The number of benzene rings is 8. The van der Waals surface area contributed by atoms with Gasteiger partial charge in [-0.05, 0) is 135 Å². The minimum Gasteiger partial charge on any atom is -0.870 e. The van der Waals surface area contributed by atoms with Gasteiger partial charge in [0.25, 0.3) is 11.8 Å². The number of methoxy groups -OCH3 is 8. The largest absolute Gasteiger partial charge is 1.00 e. The Morgan fingerprint density at radius 2 is 0.797 bits per heavy atom. The topological polar surface area (TPSA) is 416 Å².